The number of unbranched alkanes of at least 4 members (excludes halogenated alkanes) is 4. The van der Waals surface area contributed by atoms with Crippen LogP contribution in [0.25, 0.3) is 0 Å². The van der Waals surface area contributed by atoms with Crippen LogP contribution in [0, 0.1) is 0 Å². The Morgan fingerprint density at radius 1 is 1.17 bits per heavy atom. The van der Waals surface area contributed by atoms with Crippen molar-refractivity contribution in [3.05, 3.63) is 11.0 Å². The summed E-state index contributed by atoms with van der Waals surface area (Å²) in [5.74, 6) is 0. The molecule has 0 fully saturated rings. The van der Waals surface area contributed by atoms with E-state index in [0.717, 1.165) is 0 Å². The molecular weight excluding hydrogens is 164 g/mol. The van der Waals surface area contributed by atoms with Crippen molar-refractivity contribution in [3.8, 4) is 0 Å². The van der Waals surface area contributed by atoms with Crippen molar-refractivity contribution in [3.63, 3.8) is 0 Å². The zero-order valence-corrected chi connectivity index (χ0v) is 9.54. The Hall–Kier alpha value is 0.0900. The average molecular weight is 186 g/mol. The van der Waals surface area contributed by atoms with Crippen molar-refractivity contribution in [1.82, 2.24) is 0 Å². The standard InChI is InChI=1S/C11H22S/c1-4-5-6-7-8-9-11(2)10-12-3/h10H,4-9H2,1-3H3/b11-10+. The molecule has 0 N–H and O–H groups in total. The Labute approximate surface area is 81.8 Å². The Kier molecular flexibility index (Phi) is 9.25. The summed E-state index contributed by atoms with van der Waals surface area (Å²) in [4.78, 5) is 0. The lowest BCUT2D eigenvalue weighted by atomic mass is 10.1. The average Bonchev–Trinajstić information content (AvgIpc) is 2.05. The zero-order valence-electron chi connectivity index (χ0n) is 8.73. The van der Waals surface area contributed by atoms with Crippen molar-refractivity contribution in [2.75, 3.05) is 6.26 Å². The van der Waals surface area contributed by atoms with Crippen molar-refractivity contribution in [2.45, 2.75) is 52.4 Å². The minimum atomic E-state index is 1.30. The minimum absolute atomic E-state index is 1.30. The van der Waals surface area contributed by atoms with Crippen molar-refractivity contribution >= 4 is 11.8 Å². The molecule has 72 valence electrons. The first-order valence-corrected chi connectivity index (χ1v) is 6.28. The first kappa shape index (κ1) is 12.1. The van der Waals surface area contributed by atoms with Crippen molar-refractivity contribution < 1.29 is 0 Å². The highest BCUT2D eigenvalue weighted by Gasteiger charge is 1.90. The molecule has 0 aliphatic carbocycles. The van der Waals surface area contributed by atoms with Gasteiger partial charge < -0.3 is 0 Å². The molecule has 0 aromatic carbocycles. The molecule has 0 saturated heterocycles. The summed E-state index contributed by atoms with van der Waals surface area (Å²) in [6.45, 7) is 4.50. The lowest BCUT2D eigenvalue weighted by Gasteiger charge is -2.00. The first-order valence-electron chi connectivity index (χ1n) is 4.99. The van der Waals surface area contributed by atoms with E-state index >= 15 is 0 Å². The van der Waals surface area contributed by atoms with Crippen LogP contribution in [0.3, 0.4) is 0 Å². The summed E-state index contributed by atoms with van der Waals surface area (Å²) in [6.07, 6.45) is 10.4. The van der Waals surface area contributed by atoms with Crippen LogP contribution in [0.2, 0.25) is 0 Å². The van der Waals surface area contributed by atoms with Crippen LogP contribution in [0.4, 0.5) is 0 Å². The van der Waals surface area contributed by atoms with E-state index in [1.54, 1.807) is 5.57 Å². The van der Waals surface area contributed by atoms with Crippen molar-refractivity contribution in [2.24, 2.45) is 0 Å². The summed E-state index contributed by atoms with van der Waals surface area (Å²) in [5.41, 5.74) is 1.54. The lowest BCUT2D eigenvalue weighted by Crippen LogP contribution is -1.79. The predicted molar refractivity (Wildman–Crippen MR) is 60.6 cm³/mol. The van der Waals surface area contributed by atoms with E-state index in [4.69, 9.17) is 0 Å². The van der Waals surface area contributed by atoms with Gasteiger partial charge in [0.05, 0.1) is 0 Å². The molecule has 0 heterocycles. The maximum atomic E-state index is 2.26. The highest BCUT2D eigenvalue weighted by Crippen LogP contribution is 2.12. The fourth-order valence-corrected chi connectivity index (χ4v) is 1.79. The maximum Gasteiger partial charge on any atom is -0.0142 e. The first-order chi connectivity index (χ1) is 5.81. The number of allylic oxidation sites excluding steroid dienone is 1. The second-order valence-corrected chi connectivity index (χ2v) is 4.07. The van der Waals surface area contributed by atoms with E-state index in [1.165, 1.54) is 38.5 Å². The molecule has 0 unspecified atom stereocenters. The molecule has 0 bridgehead atoms. The highest BCUT2D eigenvalue weighted by molar-refractivity contribution is 8.01. The quantitative estimate of drug-likeness (QED) is 0.523. The van der Waals surface area contributed by atoms with Gasteiger partial charge in [0, 0.05) is 0 Å². The van der Waals surface area contributed by atoms with Crippen LogP contribution in [0.5, 0.6) is 0 Å². The van der Waals surface area contributed by atoms with Gasteiger partial charge in [0.2, 0.25) is 0 Å². The fraction of sp³-hybridized carbons (Fsp3) is 0.818. The molecule has 0 rings (SSSR count). The molecule has 0 nitrogen and oxygen atoms in total. The van der Waals surface area contributed by atoms with Crippen LogP contribution >= 0.6 is 11.8 Å². The van der Waals surface area contributed by atoms with Crippen LogP contribution in [0.1, 0.15) is 52.4 Å². The fourth-order valence-electron chi connectivity index (χ4n) is 1.27. The SMILES string of the molecule is CCCCCCC/C(C)=C/SC. The Balaban J connectivity index is 3.14. The van der Waals surface area contributed by atoms with E-state index in [9.17, 15) is 0 Å². The second kappa shape index (κ2) is 9.18. The number of hydrogen-bond donors (Lipinski definition) is 0. The molecule has 0 amide bonds. The molecule has 0 aliphatic heterocycles. The number of rotatable bonds is 7. The van der Waals surface area contributed by atoms with E-state index < -0.39 is 0 Å². The summed E-state index contributed by atoms with van der Waals surface area (Å²) in [6, 6.07) is 0. The molecule has 0 spiro atoms. The molecular formula is C11H22S. The highest BCUT2D eigenvalue weighted by atomic mass is 32.2. The maximum absolute atomic E-state index is 2.26. The normalized spacial score (nSPS) is 12.1. The van der Waals surface area contributed by atoms with Gasteiger partial charge in [0.1, 0.15) is 0 Å². The molecule has 0 saturated carbocycles. The molecule has 0 radical (unpaired) electrons. The van der Waals surface area contributed by atoms with Gasteiger partial charge >= 0.3 is 0 Å². The van der Waals surface area contributed by atoms with Crippen molar-refractivity contribution in [1.29, 1.82) is 0 Å². The van der Waals surface area contributed by atoms with E-state index in [2.05, 4.69) is 25.5 Å². The second-order valence-electron chi connectivity index (χ2n) is 3.36. The van der Waals surface area contributed by atoms with Crippen LogP contribution in [-0.4, -0.2) is 6.26 Å². The van der Waals surface area contributed by atoms with Crippen LogP contribution in [0.15, 0.2) is 11.0 Å². The topological polar surface area (TPSA) is 0 Å². The molecule has 12 heavy (non-hydrogen) atoms. The van der Waals surface area contributed by atoms with E-state index in [0.29, 0.717) is 0 Å². The minimum Gasteiger partial charge on any atom is -0.138 e. The van der Waals surface area contributed by atoms with Gasteiger partial charge in [0.25, 0.3) is 0 Å². The van der Waals surface area contributed by atoms with E-state index in [1.807, 2.05) is 11.8 Å². The monoisotopic (exact) mass is 186 g/mol. The summed E-state index contributed by atoms with van der Waals surface area (Å²) in [5, 5.41) is 2.26. The van der Waals surface area contributed by atoms with E-state index in [-0.39, 0.29) is 0 Å². The number of hydrogen-bond acceptors (Lipinski definition) is 1. The summed E-state index contributed by atoms with van der Waals surface area (Å²) >= 11 is 1.82. The Morgan fingerprint density at radius 3 is 2.42 bits per heavy atom. The third-order valence-electron chi connectivity index (χ3n) is 1.99. The number of thioether (sulfide) groups is 1. The van der Waals surface area contributed by atoms with Gasteiger partial charge in [-0.3, -0.25) is 0 Å². The molecule has 0 atom stereocenters. The predicted octanol–water partition coefficient (Wildman–Crippen LogP) is 4.61. The zero-order chi connectivity index (χ0) is 9.23. The van der Waals surface area contributed by atoms with Crippen LogP contribution < -0.4 is 0 Å². The third-order valence-corrected chi connectivity index (χ3v) is 2.63. The summed E-state index contributed by atoms with van der Waals surface area (Å²) < 4.78 is 0. The van der Waals surface area contributed by atoms with Gasteiger partial charge in [-0.1, -0.05) is 38.2 Å². The largest absolute Gasteiger partial charge is 0.138 e. The third kappa shape index (κ3) is 8.19. The van der Waals surface area contributed by atoms with Gasteiger partial charge in [-0.2, -0.15) is 0 Å². The lowest BCUT2D eigenvalue weighted by molar-refractivity contribution is 0.631. The molecule has 0 aromatic rings. The molecule has 0 aliphatic rings. The van der Waals surface area contributed by atoms with Gasteiger partial charge in [-0.25, -0.2) is 0 Å². The van der Waals surface area contributed by atoms with Gasteiger partial charge in [-0.05, 0) is 31.4 Å². The summed E-state index contributed by atoms with van der Waals surface area (Å²) in [7, 11) is 0. The van der Waals surface area contributed by atoms with Gasteiger partial charge in [0.15, 0.2) is 0 Å². The Morgan fingerprint density at radius 2 is 1.83 bits per heavy atom. The molecule has 1 heteroatoms. The molecule has 0 aromatic heterocycles. The van der Waals surface area contributed by atoms with Crippen LogP contribution in [-0.2, 0) is 0 Å². The smallest absolute Gasteiger partial charge is 0.0142 e. The Bertz CT molecular complexity index is 116. The van der Waals surface area contributed by atoms with Gasteiger partial charge in [-0.15, -0.1) is 11.8 Å².